The fourth-order valence-electron chi connectivity index (χ4n) is 2.14. The van der Waals surface area contributed by atoms with Crippen LogP contribution in [0.25, 0.3) is 0 Å². The molecule has 2 rings (SSSR count). The predicted molar refractivity (Wildman–Crippen MR) is 80.1 cm³/mol. The highest BCUT2D eigenvalue weighted by molar-refractivity contribution is 5.34. The zero-order valence-corrected chi connectivity index (χ0v) is 12.6. The number of hydrazine groups is 1. The van der Waals surface area contributed by atoms with Gasteiger partial charge in [0.15, 0.2) is 0 Å². The molecule has 1 aromatic rings. The van der Waals surface area contributed by atoms with Gasteiger partial charge in [-0.3, -0.25) is 5.43 Å². The second kappa shape index (κ2) is 7.94. The van der Waals surface area contributed by atoms with Gasteiger partial charge in [0.25, 0.3) is 0 Å². The van der Waals surface area contributed by atoms with E-state index in [0.29, 0.717) is 12.1 Å². The molecule has 8 nitrogen and oxygen atoms in total. The van der Waals surface area contributed by atoms with Crippen LogP contribution in [0, 0.1) is 0 Å². The lowest BCUT2D eigenvalue weighted by molar-refractivity contribution is 0.0134. The fraction of sp³-hybridized carbons (Fsp3) is 0.769. The first-order valence-corrected chi connectivity index (χ1v) is 7.42. The Morgan fingerprint density at radius 2 is 2.10 bits per heavy atom. The third-order valence-electron chi connectivity index (χ3n) is 3.11. The average molecular weight is 296 g/mol. The van der Waals surface area contributed by atoms with Crippen molar-refractivity contribution < 1.29 is 9.47 Å². The summed E-state index contributed by atoms with van der Waals surface area (Å²) >= 11 is 0. The van der Waals surface area contributed by atoms with Gasteiger partial charge in [-0.2, -0.15) is 15.0 Å². The number of rotatable bonds is 7. The van der Waals surface area contributed by atoms with Gasteiger partial charge in [-0.15, -0.1) is 0 Å². The number of aromatic nitrogens is 3. The molecule has 8 heteroatoms. The van der Waals surface area contributed by atoms with Gasteiger partial charge < -0.3 is 14.8 Å². The van der Waals surface area contributed by atoms with Crippen LogP contribution in [-0.4, -0.2) is 40.3 Å². The summed E-state index contributed by atoms with van der Waals surface area (Å²) in [4.78, 5) is 12.4. The van der Waals surface area contributed by atoms with Crippen LogP contribution in [0.1, 0.15) is 39.5 Å². The van der Waals surface area contributed by atoms with E-state index in [9.17, 15) is 0 Å². The first-order valence-electron chi connectivity index (χ1n) is 7.42. The van der Waals surface area contributed by atoms with Crippen LogP contribution in [0.4, 0.5) is 11.9 Å². The Kier molecular flexibility index (Phi) is 5.94. The minimum Gasteiger partial charge on any atom is -0.461 e. The highest BCUT2D eigenvalue weighted by atomic mass is 16.5. The van der Waals surface area contributed by atoms with Gasteiger partial charge in [-0.25, -0.2) is 5.84 Å². The fourth-order valence-corrected chi connectivity index (χ4v) is 2.14. The van der Waals surface area contributed by atoms with Gasteiger partial charge in [0.05, 0.1) is 12.2 Å². The van der Waals surface area contributed by atoms with Gasteiger partial charge >= 0.3 is 6.01 Å². The molecule has 0 saturated carbocycles. The maximum atomic E-state index is 5.69. The summed E-state index contributed by atoms with van der Waals surface area (Å²) in [6.07, 6.45) is 4.77. The smallest absolute Gasteiger partial charge is 0.323 e. The number of nitrogen functional groups attached to an aromatic ring is 1. The van der Waals surface area contributed by atoms with Crippen molar-refractivity contribution in [3.63, 3.8) is 0 Å². The van der Waals surface area contributed by atoms with Crippen LogP contribution >= 0.6 is 0 Å². The molecule has 0 amide bonds. The van der Waals surface area contributed by atoms with Crippen molar-refractivity contribution in [1.82, 2.24) is 15.0 Å². The quantitative estimate of drug-likeness (QED) is 0.511. The zero-order chi connectivity index (χ0) is 15.1. The molecule has 1 aromatic heterocycles. The number of nitrogens with two attached hydrogens (primary N) is 1. The number of anilines is 2. The highest BCUT2D eigenvalue weighted by Crippen LogP contribution is 2.16. The summed E-state index contributed by atoms with van der Waals surface area (Å²) in [6.45, 7) is 5.42. The Hall–Kier alpha value is -1.67. The first-order chi connectivity index (χ1) is 10.2. The van der Waals surface area contributed by atoms with Gasteiger partial charge in [-0.05, 0) is 39.5 Å². The summed E-state index contributed by atoms with van der Waals surface area (Å²) in [7, 11) is 0. The van der Waals surface area contributed by atoms with Gasteiger partial charge in [0.1, 0.15) is 0 Å². The molecule has 21 heavy (non-hydrogen) atoms. The molecule has 0 radical (unpaired) electrons. The van der Waals surface area contributed by atoms with E-state index in [-0.39, 0.29) is 18.1 Å². The van der Waals surface area contributed by atoms with Crippen LogP contribution in [-0.2, 0) is 4.74 Å². The molecule has 0 bridgehead atoms. The zero-order valence-electron chi connectivity index (χ0n) is 12.6. The number of hydrogen-bond donors (Lipinski definition) is 3. The number of nitrogens with one attached hydrogen (secondary N) is 2. The predicted octanol–water partition coefficient (Wildman–Crippen LogP) is 1.32. The van der Waals surface area contributed by atoms with Crippen LogP contribution < -0.4 is 21.3 Å². The summed E-state index contributed by atoms with van der Waals surface area (Å²) in [6, 6.07) is 0.254. The minimum absolute atomic E-state index is 0.0125. The molecule has 1 atom stereocenters. The van der Waals surface area contributed by atoms with Crippen LogP contribution in [0.5, 0.6) is 6.01 Å². The molecule has 0 aromatic carbocycles. The second-order valence-electron chi connectivity index (χ2n) is 5.28. The Morgan fingerprint density at radius 1 is 1.29 bits per heavy atom. The molecule has 2 heterocycles. The van der Waals surface area contributed by atoms with Crippen LogP contribution in [0.3, 0.4) is 0 Å². The number of hydrogen-bond acceptors (Lipinski definition) is 8. The maximum Gasteiger partial charge on any atom is 0.323 e. The monoisotopic (exact) mass is 296 g/mol. The highest BCUT2D eigenvalue weighted by Gasteiger charge is 2.14. The van der Waals surface area contributed by atoms with Gasteiger partial charge in [0, 0.05) is 13.2 Å². The lowest BCUT2D eigenvalue weighted by Crippen LogP contribution is -2.23. The Labute approximate surface area is 124 Å². The number of nitrogens with zero attached hydrogens (tertiary/aromatic N) is 3. The summed E-state index contributed by atoms with van der Waals surface area (Å²) in [5.74, 6) is 6.08. The molecule has 118 valence electrons. The van der Waals surface area contributed by atoms with Crippen LogP contribution in [0.15, 0.2) is 0 Å². The molecule has 0 spiro atoms. The number of ether oxygens (including phenoxy) is 2. The average Bonchev–Trinajstić information content (AvgIpc) is 2.47. The molecule has 1 unspecified atom stereocenters. The summed E-state index contributed by atoms with van der Waals surface area (Å²) in [5.41, 5.74) is 2.41. The molecule has 1 aliphatic rings. The topological polar surface area (TPSA) is 107 Å². The maximum absolute atomic E-state index is 5.69. The van der Waals surface area contributed by atoms with E-state index in [1.54, 1.807) is 0 Å². The van der Waals surface area contributed by atoms with E-state index < -0.39 is 0 Å². The standard InChI is InChI=1S/C13H24N6O2/c1-9(2)21-13-17-11(16-12(18-13)19-14)15-7-6-10-5-3-4-8-20-10/h9-10H,3-8,14H2,1-2H3,(H2,15,16,17,18,19). The molecule has 1 fully saturated rings. The third-order valence-corrected chi connectivity index (χ3v) is 3.11. The largest absolute Gasteiger partial charge is 0.461 e. The van der Waals surface area contributed by atoms with E-state index >= 15 is 0 Å². The second-order valence-corrected chi connectivity index (χ2v) is 5.28. The van der Waals surface area contributed by atoms with Crippen molar-refractivity contribution in [3.8, 4) is 6.01 Å². The van der Waals surface area contributed by atoms with Crippen LogP contribution in [0.2, 0.25) is 0 Å². The molecule has 1 saturated heterocycles. The normalized spacial score (nSPS) is 18.6. The lowest BCUT2D eigenvalue weighted by atomic mass is 10.1. The van der Waals surface area contributed by atoms with Crippen molar-refractivity contribution in [2.24, 2.45) is 5.84 Å². The van der Waals surface area contributed by atoms with Gasteiger partial charge in [0.2, 0.25) is 11.9 Å². The van der Waals surface area contributed by atoms with Crippen molar-refractivity contribution >= 4 is 11.9 Å². The Balaban J connectivity index is 1.88. The lowest BCUT2D eigenvalue weighted by Gasteiger charge is -2.22. The Morgan fingerprint density at radius 3 is 2.76 bits per heavy atom. The van der Waals surface area contributed by atoms with Crippen molar-refractivity contribution in [2.75, 3.05) is 23.9 Å². The van der Waals surface area contributed by atoms with E-state index in [1.807, 2.05) is 13.8 Å². The van der Waals surface area contributed by atoms with E-state index in [0.717, 1.165) is 26.0 Å². The summed E-state index contributed by atoms with van der Waals surface area (Å²) in [5, 5.41) is 3.16. The third kappa shape index (κ3) is 5.31. The van der Waals surface area contributed by atoms with Crippen molar-refractivity contribution in [3.05, 3.63) is 0 Å². The van der Waals surface area contributed by atoms with Gasteiger partial charge in [-0.1, -0.05) is 0 Å². The van der Waals surface area contributed by atoms with E-state index in [1.165, 1.54) is 12.8 Å². The summed E-state index contributed by atoms with van der Waals surface area (Å²) < 4.78 is 11.2. The molecule has 1 aliphatic heterocycles. The van der Waals surface area contributed by atoms with E-state index in [4.69, 9.17) is 15.3 Å². The SMILES string of the molecule is CC(C)Oc1nc(NN)nc(NCCC2CCCCO2)n1. The molecular formula is C13H24N6O2. The molecule has 0 aliphatic carbocycles. The Bertz CT molecular complexity index is 437. The van der Waals surface area contributed by atoms with Crippen molar-refractivity contribution in [2.45, 2.75) is 51.7 Å². The minimum atomic E-state index is -0.0125. The van der Waals surface area contributed by atoms with E-state index in [2.05, 4.69) is 25.7 Å². The first kappa shape index (κ1) is 15.7. The molecule has 4 N–H and O–H groups in total. The molecular weight excluding hydrogens is 272 g/mol. The van der Waals surface area contributed by atoms with Crippen molar-refractivity contribution in [1.29, 1.82) is 0 Å².